The van der Waals surface area contributed by atoms with Crippen LogP contribution in [0, 0.1) is 5.41 Å². The molecule has 0 radical (unpaired) electrons. The monoisotopic (exact) mass is 287 g/mol. The molecule has 0 saturated heterocycles. The van der Waals surface area contributed by atoms with Gasteiger partial charge >= 0.3 is 5.97 Å². The van der Waals surface area contributed by atoms with Gasteiger partial charge in [-0.15, -0.1) is 11.3 Å². The molecule has 1 aromatic rings. The highest BCUT2D eigenvalue weighted by molar-refractivity contribution is 7.16. The number of thiophene rings is 1. The second kappa shape index (κ2) is 5.59. The zero-order chi connectivity index (χ0) is 13.2. The fourth-order valence-corrected chi connectivity index (χ4v) is 3.93. The van der Waals surface area contributed by atoms with Gasteiger partial charge < -0.3 is 10.0 Å². The molecule has 0 spiro atoms. The summed E-state index contributed by atoms with van der Waals surface area (Å²) in [6.45, 7) is 1.39. The van der Waals surface area contributed by atoms with Crippen LogP contribution in [0.15, 0.2) is 12.1 Å². The van der Waals surface area contributed by atoms with Crippen LogP contribution in [0.4, 0.5) is 0 Å². The number of hydrogen-bond acceptors (Lipinski definition) is 3. The molecule has 0 unspecified atom stereocenters. The van der Waals surface area contributed by atoms with Crippen molar-refractivity contribution in [2.24, 2.45) is 5.41 Å². The fraction of sp³-hybridized carbons (Fsp3) is 0.615. The van der Waals surface area contributed by atoms with Crippen LogP contribution >= 0.6 is 22.9 Å². The second-order valence-corrected chi connectivity index (χ2v) is 6.97. The summed E-state index contributed by atoms with van der Waals surface area (Å²) in [6, 6.07) is 3.89. The molecular weight excluding hydrogens is 270 g/mol. The number of carbonyl (C=O) groups is 1. The molecular formula is C13H18ClNO2S. The first-order chi connectivity index (χ1) is 8.52. The molecule has 18 heavy (non-hydrogen) atoms. The van der Waals surface area contributed by atoms with Gasteiger partial charge in [-0.2, -0.15) is 0 Å². The Morgan fingerprint density at radius 2 is 2.17 bits per heavy atom. The predicted octanol–water partition coefficient (Wildman–Crippen LogP) is 3.48. The highest BCUT2D eigenvalue weighted by Crippen LogP contribution is 2.39. The molecule has 2 rings (SSSR count). The number of carboxylic acids is 1. The van der Waals surface area contributed by atoms with Crippen molar-refractivity contribution in [2.75, 3.05) is 13.6 Å². The van der Waals surface area contributed by atoms with E-state index in [9.17, 15) is 9.90 Å². The molecule has 0 atom stereocenters. The Labute approximate surface area is 116 Å². The molecule has 1 aliphatic rings. The number of carboxylic acid groups (broad SMARTS) is 1. The van der Waals surface area contributed by atoms with E-state index in [1.54, 1.807) is 11.3 Å². The Hall–Kier alpha value is -0.580. The van der Waals surface area contributed by atoms with Crippen molar-refractivity contribution in [3.63, 3.8) is 0 Å². The summed E-state index contributed by atoms with van der Waals surface area (Å²) in [7, 11) is 1.98. The van der Waals surface area contributed by atoms with E-state index in [2.05, 4.69) is 4.90 Å². The van der Waals surface area contributed by atoms with Crippen LogP contribution in [-0.4, -0.2) is 29.6 Å². The van der Waals surface area contributed by atoms with E-state index in [-0.39, 0.29) is 0 Å². The first kappa shape index (κ1) is 13.8. The maximum atomic E-state index is 11.5. The molecule has 100 valence electrons. The van der Waals surface area contributed by atoms with Gasteiger partial charge in [0, 0.05) is 18.0 Å². The van der Waals surface area contributed by atoms with Gasteiger partial charge in [-0.05, 0) is 32.0 Å². The third-order valence-corrected chi connectivity index (χ3v) is 4.86. The highest BCUT2D eigenvalue weighted by atomic mass is 35.5. The summed E-state index contributed by atoms with van der Waals surface area (Å²) in [5, 5.41) is 9.44. The lowest BCUT2D eigenvalue weighted by atomic mass is 9.86. The minimum Gasteiger partial charge on any atom is -0.481 e. The molecule has 0 amide bonds. The van der Waals surface area contributed by atoms with Crippen LogP contribution in [0.1, 0.15) is 30.6 Å². The summed E-state index contributed by atoms with van der Waals surface area (Å²) in [5.41, 5.74) is -0.532. The van der Waals surface area contributed by atoms with Crippen LogP contribution in [0.25, 0.3) is 0 Å². The van der Waals surface area contributed by atoms with Gasteiger partial charge in [0.1, 0.15) is 0 Å². The van der Waals surface area contributed by atoms with Crippen molar-refractivity contribution in [3.05, 3.63) is 21.3 Å². The van der Waals surface area contributed by atoms with Crippen molar-refractivity contribution < 1.29 is 9.90 Å². The zero-order valence-electron chi connectivity index (χ0n) is 10.5. The molecule has 1 heterocycles. The van der Waals surface area contributed by atoms with E-state index in [4.69, 9.17) is 11.6 Å². The Morgan fingerprint density at radius 1 is 1.50 bits per heavy atom. The van der Waals surface area contributed by atoms with Crippen LogP contribution in [0.5, 0.6) is 0 Å². The van der Waals surface area contributed by atoms with E-state index < -0.39 is 11.4 Å². The number of rotatable bonds is 5. The average molecular weight is 288 g/mol. The maximum Gasteiger partial charge on any atom is 0.310 e. The molecule has 1 aromatic heterocycles. The number of hydrogen-bond donors (Lipinski definition) is 1. The van der Waals surface area contributed by atoms with Crippen molar-refractivity contribution >= 4 is 28.9 Å². The molecule has 0 aromatic carbocycles. The average Bonchev–Trinajstić information content (AvgIpc) is 2.89. The van der Waals surface area contributed by atoms with Crippen LogP contribution < -0.4 is 0 Å². The molecule has 1 aliphatic carbocycles. The van der Waals surface area contributed by atoms with Crippen LogP contribution in [0.2, 0.25) is 4.34 Å². The standard InChI is InChI=1S/C13H18ClNO2S/c1-15(8-10-4-5-11(14)18-10)9-13(12(16)17)6-2-3-7-13/h4-5H,2-3,6-9H2,1H3,(H,16,17). The predicted molar refractivity (Wildman–Crippen MR) is 74.2 cm³/mol. The van der Waals surface area contributed by atoms with Gasteiger partial charge in [0.2, 0.25) is 0 Å². The summed E-state index contributed by atoms with van der Waals surface area (Å²) < 4.78 is 0.784. The van der Waals surface area contributed by atoms with Crippen molar-refractivity contribution in [1.29, 1.82) is 0 Å². The van der Waals surface area contributed by atoms with E-state index in [1.807, 2.05) is 19.2 Å². The van der Waals surface area contributed by atoms with Gasteiger partial charge in [0.05, 0.1) is 9.75 Å². The molecule has 0 bridgehead atoms. The normalized spacial score (nSPS) is 18.4. The summed E-state index contributed by atoms with van der Waals surface area (Å²) >= 11 is 7.46. The minimum atomic E-state index is -0.643. The van der Waals surface area contributed by atoms with Gasteiger partial charge in [-0.3, -0.25) is 4.79 Å². The smallest absolute Gasteiger partial charge is 0.310 e. The first-order valence-corrected chi connectivity index (χ1v) is 7.37. The zero-order valence-corrected chi connectivity index (χ0v) is 12.1. The molecule has 1 fully saturated rings. The Kier molecular flexibility index (Phi) is 4.30. The van der Waals surface area contributed by atoms with E-state index >= 15 is 0 Å². The molecule has 5 heteroatoms. The van der Waals surface area contributed by atoms with E-state index in [0.29, 0.717) is 6.54 Å². The van der Waals surface area contributed by atoms with Crippen LogP contribution in [-0.2, 0) is 11.3 Å². The lowest BCUT2D eigenvalue weighted by Gasteiger charge is -2.29. The Balaban J connectivity index is 1.97. The van der Waals surface area contributed by atoms with Gasteiger partial charge in [-0.1, -0.05) is 24.4 Å². The molecule has 0 aliphatic heterocycles. The SMILES string of the molecule is CN(Cc1ccc(Cl)s1)CC1(C(=O)O)CCCC1. The highest BCUT2D eigenvalue weighted by Gasteiger charge is 2.41. The number of nitrogens with zero attached hydrogens (tertiary/aromatic N) is 1. The molecule has 1 N–H and O–H groups in total. The number of halogens is 1. The van der Waals surface area contributed by atoms with Gasteiger partial charge in [0.15, 0.2) is 0 Å². The lowest BCUT2D eigenvalue weighted by molar-refractivity contribution is -0.149. The lowest BCUT2D eigenvalue weighted by Crippen LogP contribution is -2.39. The summed E-state index contributed by atoms with van der Waals surface area (Å²) in [6.07, 6.45) is 3.67. The minimum absolute atomic E-state index is 0.532. The molecule has 3 nitrogen and oxygen atoms in total. The van der Waals surface area contributed by atoms with Crippen molar-refractivity contribution in [2.45, 2.75) is 32.2 Å². The maximum absolute atomic E-state index is 11.5. The van der Waals surface area contributed by atoms with Crippen LogP contribution in [0.3, 0.4) is 0 Å². The first-order valence-electron chi connectivity index (χ1n) is 6.18. The summed E-state index contributed by atoms with van der Waals surface area (Å²) in [4.78, 5) is 14.8. The topological polar surface area (TPSA) is 40.5 Å². The third-order valence-electron chi connectivity index (χ3n) is 3.64. The quantitative estimate of drug-likeness (QED) is 0.901. The van der Waals surface area contributed by atoms with Gasteiger partial charge in [-0.25, -0.2) is 0 Å². The van der Waals surface area contributed by atoms with E-state index in [0.717, 1.165) is 36.6 Å². The van der Waals surface area contributed by atoms with Crippen molar-refractivity contribution in [3.8, 4) is 0 Å². The largest absolute Gasteiger partial charge is 0.481 e. The second-order valence-electron chi connectivity index (χ2n) is 5.17. The Morgan fingerprint density at radius 3 is 2.67 bits per heavy atom. The van der Waals surface area contributed by atoms with Gasteiger partial charge in [0.25, 0.3) is 0 Å². The number of aliphatic carboxylic acids is 1. The Bertz CT molecular complexity index is 426. The summed E-state index contributed by atoms with van der Waals surface area (Å²) in [5.74, 6) is -0.643. The third kappa shape index (κ3) is 3.05. The van der Waals surface area contributed by atoms with E-state index in [1.165, 1.54) is 4.88 Å². The fourth-order valence-electron chi connectivity index (χ4n) is 2.77. The van der Waals surface area contributed by atoms with Crippen molar-refractivity contribution in [1.82, 2.24) is 4.90 Å². The molecule has 1 saturated carbocycles.